The summed E-state index contributed by atoms with van der Waals surface area (Å²) in [7, 11) is 0. The molecule has 2 rings (SSSR count). The smallest absolute Gasteiger partial charge is 0.355 e. The Bertz CT molecular complexity index is 779. The normalized spacial score (nSPS) is 12.1. The lowest BCUT2D eigenvalue weighted by atomic mass is 10.1. The average molecular weight is 358 g/mol. The van der Waals surface area contributed by atoms with Gasteiger partial charge in [0.05, 0.1) is 6.10 Å². The Labute approximate surface area is 153 Å². The van der Waals surface area contributed by atoms with Crippen molar-refractivity contribution in [2.45, 2.75) is 46.8 Å². The fourth-order valence-electron chi connectivity index (χ4n) is 3.18. The highest BCUT2D eigenvalue weighted by atomic mass is 16.5. The molecule has 1 amide bonds. The largest absolute Gasteiger partial charge is 0.451 e. The molecule has 0 aliphatic heterocycles. The van der Waals surface area contributed by atoms with E-state index in [1.807, 2.05) is 44.2 Å². The van der Waals surface area contributed by atoms with Crippen LogP contribution < -0.4 is 4.90 Å². The number of para-hydroxylation sites is 1. The number of nitrogens with one attached hydrogen (secondary N) is 1. The molecule has 0 spiro atoms. The SMILES string of the molecule is Cc1[nH]c(C(=O)OCC(=O)N(c2ccccc2)C(C)C)c(C)c1[C@H](C)O. The first-order valence-corrected chi connectivity index (χ1v) is 8.65. The molecule has 0 unspecified atom stereocenters. The van der Waals surface area contributed by atoms with Gasteiger partial charge in [-0.25, -0.2) is 4.79 Å². The van der Waals surface area contributed by atoms with Crippen LogP contribution in [-0.2, 0) is 9.53 Å². The number of hydrogen-bond acceptors (Lipinski definition) is 4. The van der Waals surface area contributed by atoms with E-state index in [0.29, 0.717) is 16.8 Å². The van der Waals surface area contributed by atoms with Crippen LogP contribution in [-0.4, -0.2) is 34.6 Å². The molecule has 6 heteroatoms. The first-order chi connectivity index (χ1) is 12.2. The van der Waals surface area contributed by atoms with Crippen LogP contribution in [0.2, 0.25) is 0 Å². The maximum absolute atomic E-state index is 12.6. The summed E-state index contributed by atoms with van der Waals surface area (Å²) in [5.74, 6) is -0.904. The minimum atomic E-state index is -0.691. The lowest BCUT2D eigenvalue weighted by molar-refractivity contribution is -0.122. The second kappa shape index (κ2) is 8.19. The average Bonchev–Trinajstić information content (AvgIpc) is 2.88. The van der Waals surface area contributed by atoms with Crippen molar-refractivity contribution in [2.24, 2.45) is 0 Å². The van der Waals surface area contributed by atoms with E-state index >= 15 is 0 Å². The van der Waals surface area contributed by atoms with Gasteiger partial charge in [-0.3, -0.25) is 4.79 Å². The zero-order valence-corrected chi connectivity index (χ0v) is 15.9. The highest BCUT2D eigenvalue weighted by Gasteiger charge is 2.24. The van der Waals surface area contributed by atoms with Crippen molar-refractivity contribution in [3.63, 3.8) is 0 Å². The molecule has 26 heavy (non-hydrogen) atoms. The molecular formula is C20H26N2O4. The van der Waals surface area contributed by atoms with Crippen molar-refractivity contribution in [3.8, 4) is 0 Å². The predicted octanol–water partition coefficient (Wildman–Crippen LogP) is 3.28. The lowest BCUT2D eigenvalue weighted by Gasteiger charge is -2.26. The van der Waals surface area contributed by atoms with E-state index in [-0.39, 0.29) is 24.2 Å². The van der Waals surface area contributed by atoms with Gasteiger partial charge in [0, 0.05) is 23.0 Å². The molecule has 0 fully saturated rings. The molecular weight excluding hydrogens is 332 g/mol. The van der Waals surface area contributed by atoms with Gasteiger partial charge in [0.2, 0.25) is 0 Å². The van der Waals surface area contributed by atoms with E-state index in [9.17, 15) is 14.7 Å². The van der Waals surface area contributed by atoms with Crippen molar-refractivity contribution in [1.29, 1.82) is 0 Å². The number of ether oxygens (including phenoxy) is 1. The van der Waals surface area contributed by atoms with Crippen molar-refractivity contribution in [1.82, 2.24) is 4.98 Å². The number of aliphatic hydroxyl groups excluding tert-OH is 1. The van der Waals surface area contributed by atoms with Crippen LogP contribution in [0, 0.1) is 13.8 Å². The number of rotatable bonds is 6. The quantitative estimate of drug-likeness (QED) is 0.776. The van der Waals surface area contributed by atoms with Crippen LogP contribution in [0.5, 0.6) is 0 Å². The van der Waals surface area contributed by atoms with Crippen LogP contribution in [0.4, 0.5) is 5.69 Å². The number of carbonyl (C=O) groups is 2. The number of esters is 1. The molecule has 2 aromatic rings. The minimum Gasteiger partial charge on any atom is -0.451 e. The van der Waals surface area contributed by atoms with Gasteiger partial charge >= 0.3 is 5.97 Å². The Morgan fingerprint density at radius 2 is 1.77 bits per heavy atom. The lowest BCUT2D eigenvalue weighted by Crippen LogP contribution is -2.40. The zero-order valence-electron chi connectivity index (χ0n) is 15.9. The molecule has 140 valence electrons. The fourth-order valence-corrected chi connectivity index (χ4v) is 3.18. The van der Waals surface area contributed by atoms with E-state index < -0.39 is 12.1 Å². The standard InChI is InChI=1S/C20H26N2O4/c1-12(2)22(16-9-7-6-8-10-16)17(24)11-26-20(25)19-13(3)18(15(5)23)14(4)21-19/h6-10,12,15,21,23H,11H2,1-5H3/t15-/m0/s1. The van der Waals surface area contributed by atoms with Crippen LogP contribution in [0.1, 0.15) is 54.2 Å². The highest BCUT2D eigenvalue weighted by molar-refractivity contribution is 5.97. The van der Waals surface area contributed by atoms with Gasteiger partial charge in [-0.2, -0.15) is 0 Å². The van der Waals surface area contributed by atoms with E-state index in [1.165, 1.54) is 0 Å². The fraction of sp³-hybridized carbons (Fsp3) is 0.400. The second-order valence-electron chi connectivity index (χ2n) is 6.61. The summed E-state index contributed by atoms with van der Waals surface area (Å²) in [6, 6.07) is 9.20. The van der Waals surface area contributed by atoms with Crippen molar-refractivity contribution in [3.05, 3.63) is 52.8 Å². The Morgan fingerprint density at radius 1 is 1.15 bits per heavy atom. The molecule has 0 saturated carbocycles. The predicted molar refractivity (Wildman–Crippen MR) is 100 cm³/mol. The monoisotopic (exact) mass is 358 g/mol. The number of H-pyrrole nitrogens is 1. The summed E-state index contributed by atoms with van der Waals surface area (Å²) in [5.41, 5.74) is 3.05. The summed E-state index contributed by atoms with van der Waals surface area (Å²) in [5, 5.41) is 9.83. The van der Waals surface area contributed by atoms with Gasteiger partial charge in [0.25, 0.3) is 5.91 Å². The summed E-state index contributed by atoms with van der Waals surface area (Å²) in [4.78, 5) is 29.5. The van der Waals surface area contributed by atoms with E-state index in [2.05, 4.69) is 4.98 Å². The molecule has 1 aromatic carbocycles. The molecule has 2 N–H and O–H groups in total. The third-order valence-corrected chi connectivity index (χ3v) is 4.26. The number of aliphatic hydroxyl groups is 1. The third kappa shape index (κ3) is 4.14. The first-order valence-electron chi connectivity index (χ1n) is 8.65. The summed E-state index contributed by atoms with van der Waals surface area (Å²) < 4.78 is 5.23. The summed E-state index contributed by atoms with van der Waals surface area (Å²) >= 11 is 0. The van der Waals surface area contributed by atoms with Gasteiger partial charge in [0.15, 0.2) is 6.61 Å². The van der Waals surface area contributed by atoms with Crippen LogP contribution in [0.15, 0.2) is 30.3 Å². The Hall–Kier alpha value is -2.60. The molecule has 0 aliphatic carbocycles. The van der Waals surface area contributed by atoms with E-state index in [4.69, 9.17) is 4.74 Å². The van der Waals surface area contributed by atoms with Gasteiger partial charge in [-0.15, -0.1) is 0 Å². The number of aromatic amines is 1. The second-order valence-corrected chi connectivity index (χ2v) is 6.61. The Morgan fingerprint density at radius 3 is 2.27 bits per heavy atom. The molecule has 1 heterocycles. The minimum absolute atomic E-state index is 0.0695. The summed E-state index contributed by atoms with van der Waals surface area (Å²) in [6.07, 6.45) is -0.691. The first kappa shape index (κ1) is 19.7. The van der Waals surface area contributed by atoms with Crippen LogP contribution in [0.3, 0.4) is 0 Å². The number of amides is 1. The number of benzene rings is 1. The third-order valence-electron chi connectivity index (χ3n) is 4.26. The Kier molecular flexibility index (Phi) is 6.21. The number of carbonyl (C=O) groups excluding carboxylic acids is 2. The van der Waals surface area contributed by atoms with Gasteiger partial charge in [-0.1, -0.05) is 18.2 Å². The molecule has 0 bridgehead atoms. The molecule has 1 atom stereocenters. The van der Waals surface area contributed by atoms with Gasteiger partial charge in [-0.05, 0) is 52.3 Å². The maximum Gasteiger partial charge on any atom is 0.355 e. The molecule has 0 aliphatic rings. The molecule has 0 saturated heterocycles. The zero-order chi connectivity index (χ0) is 19.4. The van der Waals surface area contributed by atoms with Crippen LogP contribution >= 0.6 is 0 Å². The Balaban J connectivity index is 2.11. The molecule has 1 aromatic heterocycles. The maximum atomic E-state index is 12.6. The number of aromatic nitrogens is 1. The van der Waals surface area contributed by atoms with E-state index in [0.717, 1.165) is 5.69 Å². The van der Waals surface area contributed by atoms with Crippen LogP contribution in [0.25, 0.3) is 0 Å². The van der Waals surface area contributed by atoms with Crippen molar-refractivity contribution in [2.75, 3.05) is 11.5 Å². The highest BCUT2D eigenvalue weighted by Crippen LogP contribution is 2.25. The molecule has 0 radical (unpaired) electrons. The number of hydrogen-bond donors (Lipinski definition) is 2. The van der Waals surface area contributed by atoms with Gasteiger partial charge in [0.1, 0.15) is 5.69 Å². The van der Waals surface area contributed by atoms with Crippen molar-refractivity contribution < 1.29 is 19.4 Å². The van der Waals surface area contributed by atoms with Crippen molar-refractivity contribution >= 4 is 17.6 Å². The number of anilines is 1. The van der Waals surface area contributed by atoms with E-state index in [1.54, 1.807) is 25.7 Å². The van der Waals surface area contributed by atoms with Gasteiger partial charge < -0.3 is 19.7 Å². The molecule has 6 nitrogen and oxygen atoms in total. The topological polar surface area (TPSA) is 82.6 Å². The number of nitrogens with zero attached hydrogens (tertiary/aromatic N) is 1. The number of aryl methyl sites for hydroxylation is 1. The summed E-state index contributed by atoms with van der Waals surface area (Å²) in [6.45, 7) is 8.62.